The fourth-order valence-electron chi connectivity index (χ4n) is 3.97. The molecule has 0 saturated heterocycles. The molecule has 5 rings (SSSR count). The molecular weight excluding hydrogens is 362 g/mol. The number of aromatic nitrogens is 4. The molecule has 0 aromatic carbocycles. The first kappa shape index (κ1) is 17.8. The number of nitrogens with zero attached hydrogens (tertiary/aromatic N) is 5. The van der Waals surface area contributed by atoms with Gasteiger partial charge in [0.05, 0.1) is 11.4 Å². The minimum Gasteiger partial charge on any atom is -0.306 e. The summed E-state index contributed by atoms with van der Waals surface area (Å²) in [5.74, 6) is 0. The third-order valence-corrected chi connectivity index (χ3v) is 5.64. The maximum Gasteiger partial charge on any atom is 0.258 e. The van der Waals surface area contributed by atoms with Crippen LogP contribution in [0.15, 0.2) is 59.8 Å². The molecule has 0 aliphatic carbocycles. The molecule has 0 spiro atoms. The number of aryl methyl sites for hydroxylation is 1. The number of pyridine rings is 2. The summed E-state index contributed by atoms with van der Waals surface area (Å²) in [4.78, 5) is 24.4. The van der Waals surface area contributed by atoms with Crippen molar-refractivity contribution in [1.29, 1.82) is 0 Å². The fourth-order valence-corrected chi connectivity index (χ4v) is 3.97. The molecule has 6 heteroatoms. The van der Waals surface area contributed by atoms with Gasteiger partial charge in [-0.1, -0.05) is 13.0 Å². The van der Waals surface area contributed by atoms with Gasteiger partial charge in [-0.2, -0.15) is 0 Å². The first-order chi connectivity index (χ1) is 14.1. The number of rotatable bonds is 3. The van der Waals surface area contributed by atoms with Crippen molar-refractivity contribution in [2.45, 2.75) is 20.3 Å². The monoisotopic (exact) mass is 385 g/mol. The Morgan fingerprint density at radius 2 is 1.83 bits per heavy atom. The molecular formula is C23H23N5O. The van der Waals surface area contributed by atoms with Gasteiger partial charge < -0.3 is 4.40 Å². The van der Waals surface area contributed by atoms with E-state index in [1.807, 2.05) is 48.1 Å². The van der Waals surface area contributed by atoms with E-state index in [1.54, 1.807) is 10.5 Å². The molecule has 0 fully saturated rings. The number of likely N-dealkylation sites (N-methyl/N-ethyl adjacent to an activating group) is 1. The molecule has 0 radical (unpaired) electrons. The lowest BCUT2D eigenvalue weighted by Crippen LogP contribution is -2.28. The summed E-state index contributed by atoms with van der Waals surface area (Å²) in [6, 6.07) is 9.52. The normalized spacial score (nSPS) is 15.2. The minimum absolute atomic E-state index is 0.0691. The Morgan fingerprint density at radius 1 is 1.00 bits per heavy atom. The van der Waals surface area contributed by atoms with Crippen molar-refractivity contribution < 1.29 is 0 Å². The van der Waals surface area contributed by atoms with E-state index >= 15 is 0 Å². The Bertz CT molecular complexity index is 1310. The van der Waals surface area contributed by atoms with Gasteiger partial charge in [-0.15, -0.1) is 0 Å². The standard InChI is InChI=1S/C23H23N5O/c1-3-26-10-8-17(9-11-26)18-4-7-22-25-20(12-23(29)28(22)15-18)19-5-6-21-24-16(2)13-27(21)14-19/h4-8,12-15H,3,9-11H2,1-2H3. The van der Waals surface area contributed by atoms with E-state index in [9.17, 15) is 4.79 Å². The highest BCUT2D eigenvalue weighted by atomic mass is 16.1. The van der Waals surface area contributed by atoms with Gasteiger partial charge in [-0.25, -0.2) is 9.97 Å². The molecule has 5 heterocycles. The first-order valence-corrected chi connectivity index (χ1v) is 10.0. The largest absolute Gasteiger partial charge is 0.306 e. The highest BCUT2D eigenvalue weighted by Gasteiger charge is 2.13. The maximum absolute atomic E-state index is 12.9. The summed E-state index contributed by atoms with van der Waals surface area (Å²) in [6.07, 6.45) is 9.13. The Morgan fingerprint density at radius 3 is 2.62 bits per heavy atom. The van der Waals surface area contributed by atoms with E-state index in [-0.39, 0.29) is 5.56 Å². The molecule has 0 N–H and O–H groups in total. The molecule has 0 saturated carbocycles. The van der Waals surface area contributed by atoms with Crippen molar-refractivity contribution >= 4 is 16.9 Å². The van der Waals surface area contributed by atoms with Crippen LogP contribution in [0, 0.1) is 6.92 Å². The van der Waals surface area contributed by atoms with Gasteiger partial charge in [0.2, 0.25) is 0 Å². The van der Waals surface area contributed by atoms with Crippen LogP contribution in [0.2, 0.25) is 0 Å². The zero-order valence-corrected chi connectivity index (χ0v) is 16.7. The quantitative estimate of drug-likeness (QED) is 0.542. The average Bonchev–Trinajstić information content (AvgIpc) is 3.12. The van der Waals surface area contributed by atoms with E-state index in [0.29, 0.717) is 11.3 Å². The molecule has 29 heavy (non-hydrogen) atoms. The lowest BCUT2D eigenvalue weighted by Gasteiger charge is -2.25. The summed E-state index contributed by atoms with van der Waals surface area (Å²) >= 11 is 0. The lowest BCUT2D eigenvalue weighted by molar-refractivity contribution is 0.318. The average molecular weight is 385 g/mol. The van der Waals surface area contributed by atoms with Gasteiger partial charge in [0.1, 0.15) is 11.3 Å². The zero-order chi connectivity index (χ0) is 20.0. The minimum atomic E-state index is -0.0691. The number of imidazole rings is 1. The number of fused-ring (bicyclic) bond motifs is 2. The van der Waals surface area contributed by atoms with Crippen molar-refractivity contribution in [2.24, 2.45) is 0 Å². The number of hydrogen-bond acceptors (Lipinski definition) is 4. The molecule has 1 aliphatic heterocycles. The second-order valence-corrected chi connectivity index (χ2v) is 7.56. The summed E-state index contributed by atoms with van der Waals surface area (Å²) in [5.41, 5.74) is 6.40. The van der Waals surface area contributed by atoms with Crippen LogP contribution in [0.3, 0.4) is 0 Å². The van der Waals surface area contributed by atoms with Crippen molar-refractivity contribution in [1.82, 2.24) is 23.7 Å². The van der Waals surface area contributed by atoms with Crippen LogP contribution in [0.4, 0.5) is 0 Å². The third-order valence-electron chi connectivity index (χ3n) is 5.64. The van der Waals surface area contributed by atoms with E-state index < -0.39 is 0 Å². The maximum atomic E-state index is 12.9. The molecule has 0 bridgehead atoms. The Hall–Kier alpha value is -3.25. The summed E-state index contributed by atoms with van der Waals surface area (Å²) in [5, 5.41) is 0. The highest BCUT2D eigenvalue weighted by molar-refractivity contribution is 5.68. The van der Waals surface area contributed by atoms with E-state index in [0.717, 1.165) is 48.5 Å². The smallest absolute Gasteiger partial charge is 0.258 e. The molecule has 0 unspecified atom stereocenters. The Labute approximate surface area is 168 Å². The molecule has 4 aromatic rings. The lowest BCUT2D eigenvalue weighted by atomic mass is 10.0. The van der Waals surface area contributed by atoms with Crippen molar-refractivity contribution in [3.05, 3.63) is 76.6 Å². The Kier molecular flexibility index (Phi) is 4.28. The van der Waals surface area contributed by atoms with Gasteiger partial charge in [-0.3, -0.25) is 14.1 Å². The molecule has 0 amide bonds. The van der Waals surface area contributed by atoms with Crippen LogP contribution < -0.4 is 5.56 Å². The predicted molar refractivity (Wildman–Crippen MR) is 115 cm³/mol. The molecule has 1 aliphatic rings. The molecule has 6 nitrogen and oxygen atoms in total. The molecule has 146 valence electrons. The first-order valence-electron chi connectivity index (χ1n) is 10.0. The van der Waals surface area contributed by atoms with Gasteiger partial charge in [0.15, 0.2) is 0 Å². The van der Waals surface area contributed by atoms with Gasteiger partial charge >= 0.3 is 0 Å². The van der Waals surface area contributed by atoms with Gasteiger partial charge in [-0.05, 0) is 55.3 Å². The topological polar surface area (TPSA) is 54.9 Å². The fraction of sp³-hybridized carbons (Fsp3) is 0.261. The van der Waals surface area contributed by atoms with Crippen molar-refractivity contribution in [2.75, 3.05) is 19.6 Å². The number of hydrogen-bond donors (Lipinski definition) is 0. The van der Waals surface area contributed by atoms with Gasteiger partial charge in [0, 0.05) is 43.3 Å². The van der Waals surface area contributed by atoms with Crippen molar-refractivity contribution in [3.63, 3.8) is 0 Å². The zero-order valence-electron chi connectivity index (χ0n) is 16.7. The van der Waals surface area contributed by atoms with E-state index in [2.05, 4.69) is 29.0 Å². The SMILES string of the molecule is CCN1CC=C(c2ccc3nc(-c4ccc5nc(C)cn5c4)cc(=O)n3c2)CC1. The summed E-state index contributed by atoms with van der Waals surface area (Å²) in [7, 11) is 0. The van der Waals surface area contributed by atoms with Crippen LogP contribution in [0.5, 0.6) is 0 Å². The molecule has 0 atom stereocenters. The second-order valence-electron chi connectivity index (χ2n) is 7.56. The van der Waals surface area contributed by atoms with Crippen LogP contribution >= 0.6 is 0 Å². The summed E-state index contributed by atoms with van der Waals surface area (Å²) < 4.78 is 3.61. The van der Waals surface area contributed by atoms with Crippen molar-refractivity contribution in [3.8, 4) is 11.3 Å². The van der Waals surface area contributed by atoms with Crippen LogP contribution in [0.1, 0.15) is 24.6 Å². The van der Waals surface area contributed by atoms with E-state index in [1.165, 1.54) is 5.57 Å². The third kappa shape index (κ3) is 3.25. The Balaban J connectivity index is 1.54. The van der Waals surface area contributed by atoms with E-state index in [4.69, 9.17) is 4.98 Å². The van der Waals surface area contributed by atoms with Crippen LogP contribution in [-0.4, -0.2) is 43.3 Å². The van der Waals surface area contributed by atoms with Crippen LogP contribution in [-0.2, 0) is 0 Å². The highest BCUT2D eigenvalue weighted by Crippen LogP contribution is 2.23. The molecule has 4 aromatic heterocycles. The van der Waals surface area contributed by atoms with Crippen LogP contribution in [0.25, 0.3) is 28.1 Å². The summed E-state index contributed by atoms with van der Waals surface area (Å²) in [6.45, 7) is 7.24. The predicted octanol–water partition coefficient (Wildman–Crippen LogP) is 3.43. The van der Waals surface area contributed by atoms with Gasteiger partial charge in [0.25, 0.3) is 5.56 Å². The second kappa shape index (κ2) is 6.97.